The molecule has 0 fully saturated rings. The summed E-state index contributed by atoms with van der Waals surface area (Å²) in [7, 11) is 1.60. The van der Waals surface area contributed by atoms with Crippen molar-refractivity contribution in [1.82, 2.24) is 4.98 Å². The van der Waals surface area contributed by atoms with Crippen molar-refractivity contribution in [3.05, 3.63) is 82.5 Å². The lowest BCUT2D eigenvalue weighted by molar-refractivity contribution is 0.102. The van der Waals surface area contributed by atoms with Crippen LogP contribution in [0.1, 0.15) is 32.7 Å². The van der Waals surface area contributed by atoms with Gasteiger partial charge in [-0.25, -0.2) is 4.98 Å². The van der Waals surface area contributed by atoms with E-state index in [4.69, 9.17) is 4.74 Å². The van der Waals surface area contributed by atoms with Gasteiger partial charge in [-0.1, -0.05) is 12.1 Å². The molecule has 1 aromatic heterocycles. The van der Waals surface area contributed by atoms with Gasteiger partial charge < -0.3 is 10.1 Å². The number of hydrogen-bond acceptors (Lipinski definition) is 5. The zero-order chi connectivity index (χ0) is 20.8. The van der Waals surface area contributed by atoms with Crippen LogP contribution in [-0.2, 0) is 5.75 Å². The number of aryl methyl sites for hydroxylation is 2. The van der Waals surface area contributed by atoms with Crippen LogP contribution in [0.2, 0.25) is 0 Å². The zero-order valence-electron chi connectivity index (χ0n) is 16.5. The molecule has 0 saturated heterocycles. The zero-order valence-corrected chi connectivity index (χ0v) is 17.3. The highest BCUT2D eigenvalue weighted by molar-refractivity contribution is 7.98. The average Bonchev–Trinajstić information content (AvgIpc) is 2.73. The first kappa shape index (κ1) is 20.4. The smallest absolute Gasteiger partial charge is 0.255 e. The molecule has 0 unspecified atom stereocenters. The largest absolute Gasteiger partial charge is 0.497 e. The normalized spacial score (nSPS) is 10.3. The summed E-state index contributed by atoms with van der Waals surface area (Å²) in [6.45, 7) is 3.85. The van der Waals surface area contributed by atoms with Crippen LogP contribution in [-0.4, -0.2) is 18.0 Å². The first-order valence-corrected chi connectivity index (χ1v) is 10.0. The Hall–Kier alpha value is -3.30. The maximum atomic E-state index is 12.4. The van der Waals surface area contributed by atoms with Crippen molar-refractivity contribution in [2.45, 2.75) is 24.6 Å². The number of ether oxygens (including phenoxy) is 1. The van der Waals surface area contributed by atoms with E-state index in [1.807, 2.05) is 32.0 Å². The summed E-state index contributed by atoms with van der Waals surface area (Å²) in [4.78, 5) is 16.9. The number of aromatic nitrogens is 1. The van der Waals surface area contributed by atoms with Gasteiger partial charge in [-0.3, -0.25) is 4.79 Å². The predicted octanol–water partition coefficient (Wildman–Crippen LogP) is 5.12. The van der Waals surface area contributed by atoms with Gasteiger partial charge in [-0.2, -0.15) is 5.26 Å². The molecular formula is C23H21N3O2S. The van der Waals surface area contributed by atoms with Gasteiger partial charge in [-0.05, 0) is 67.4 Å². The van der Waals surface area contributed by atoms with Crippen molar-refractivity contribution >= 4 is 23.4 Å². The summed E-state index contributed by atoms with van der Waals surface area (Å²) in [6, 6.07) is 18.8. The molecule has 0 radical (unpaired) electrons. The SMILES string of the molecule is COc1ccc(NC(=O)c2ccc(CSc3nc(C)cc(C)c3C#N)cc2)cc1. The number of nitrogens with one attached hydrogen (secondary N) is 1. The van der Waals surface area contributed by atoms with Crippen molar-refractivity contribution in [3.63, 3.8) is 0 Å². The Morgan fingerprint density at radius 2 is 1.83 bits per heavy atom. The summed E-state index contributed by atoms with van der Waals surface area (Å²) < 4.78 is 5.12. The molecule has 0 atom stereocenters. The van der Waals surface area contributed by atoms with Gasteiger partial charge in [0.2, 0.25) is 0 Å². The number of amides is 1. The number of thioether (sulfide) groups is 1. The van der Waals surface area contributed by atoms with Gasteiger partial charge in [0.25, 0.3) is 5.91 Å². The highest BCUT2D eigenvalue weighted by atomic mass is 32.2. The number of methoxy groups -OCH3 is 1. The molecule has 0 aliphatic heterocycles. The number of rotatable bonds is 6. The molecule has 6 heteroatoms. The van der Waals surface area contributed by atoms with E-state index in [1.165, 1.54) is 11.8 Å². The monoisotopic (exact) mass is 403 g/mol. The Kier molecular flexibility index (Phi) is 6.53. The summed E-state index contributed by atoms with van der Waals surface area (Å²) in [5.41, 5.74) is 4.80. The lowest BCUT2D eigenvalue weighted by atomic mass is 10.1. The van der Waals surface area contributed by atoms with Gasteiger partial charge in [-0.15, -0.1) is 11.8 Å². The topological polar surface area (TPSA) is 75.0 Å². The van der Waals surface area contributed by atoms with Gasteiger partial charge in [0.1, 0.15) is 16.8 Å². The van der Waals surface area contributed by atoms with Crippen molar-refractivity contribution in [2.75, 3.05) is 12.4 Å². The molecule has 146 valence electrons. The maximum absolute atomic E-state index is 12.4. The Morgan fingerprint density at radius 1 is 1.14 bits per heavy atom. The van der Waals surface area contributed by atoms with Crippen LogP contribution < -0.4 is 10.1 Å². The molecule has 29 heavy (non-hydrogen) atoms. The predicted molar refractivity (Wildman–Crippen MR) is 115 cm³/mol. The number of hydrogen-bond donors (Lipinski definition) is 1. The third-order valence-electron chi connectivity index (χ3n) is 4.36. The van der Waals surface area contributed by atoms with Gasteiger partial charge >= 0.3 is 0 Å². The molecule has 3 aromatic rings. The van der Waals surface area contributed by atoms with Crippen molar-refractivity contribution in [1.29, 1.82) is 5.26 Å². The molecule has 3 rings (SSSR count). The van der Waals surface area contributed by atoms with E-state index in [1.54, 1.807) is 43.5 Å². The molecule has 0 spiro atoms. The Labute approximate surface area is 174 Å². The molecular weight excluding hydrogens is 382 g/mol. The molecule has 1 heterocycles. The fourth-order valence-corrected chi connectivity index (χ4v) is 3.88. The van der Waals surface area contributed by atoms with Crippen LogP contribution in [0.25, 0.3) is 0 Å². The highest BCUT2D eigenvalue weighted by Crippen LogP contribution is 2.27. The third-order valence-corrected chi connectivity index (χ3v) is 5.41. The van der Waals surface area contributed by atoms with E-state index < -0.39 is 0 Å². The summed E-state index contributed by atoms with van der Waals surface area (Å²) in [5, 5.41) is 13.0. The number of carbonyl (C=O) groups is 1. The van der Waals surface area contributed by atoms with Crippen LogP contribution in [0.3, 0.4) is 0 Å². The molecule has 1 amide bonds. The first-order valence-electron chi connectivity index (χ1n) is 9.05. The highest BCUT2D eigenvalue weighted by Gasteiger charge is 2.10. The molecule has 0 aliphatic rings. The first-order chi connectivity index (χ1) is 14.0. The van der Waals surface area contributed by atoms with Crippen LogP contribution in [0.5, 0.6) is 5.75 Å². The lowest BCUT2D eigenvalue weighted by Gasteiger charge is -2.09. The van der Waals surface area contributed by atoms with Crippen LogP contribution >= 0.6 is 11.8 Å². The van der Waals surface area contributed by atoms with E-state index >= 15 is 0 Å². The fraction of sp³-hybridized carbons (Fsp3) is 0.174. The Bertz CT molecular complexity index is 1060. The van der Waals surface area contributed by atoms with E-state index in [0.29, 0.717) is 22.6 Å². The Morgan fingerprint density at radius 3 is 2.45 bits per heavy atom. The maximum Gasteiger partial charge on any atom is 0.255 e. The quantitative estimate of drug-likeness (QED) is 0.578. The van der Waals surface area contributed by atoms with Crippen molar-refractivity contribution in [2.24, 2.45) is 0 Å². The van der Waals surface area contributed by atoms with Gasteiger partial charge in [0.05, 0.1) is 12.7 Å². The number of nitrogens with zero attached hydrogens (tertiary/aromatic N) is 2. The molecule has 1 N–H and O–H groups in total. The minimum Gasteiger partial charge on any atom is -0.497 e. The standard InChI is InChI=1S/C23H21N3O2S/c1-15-12-16(2)25-23(21(15)13-24)29-14-17-4-6-18(7-5-17)22(27)26-19-8-10-20(28-3)11-9-19/h4-12H,14H2,1-3H3,(H,26,27). The van der Waals surface area contributed by atoms with Gasteiger partial charge in [0, 0.05) is 22.7 Å². The molecule has 5 nitrogen and oxygen atoms in total. The molecule has 0 saturated carbocycles. The second kappa shape index (κ2) is 9.26. The van der Waals surface area contributed by atoms with Gasteiger partial charge in [0.15, 0.2) is 0 Å². The number of nitriles is 1. The second-order valence-electron chi connectivity index (χ2n) is 6.54. The van der Waals surface area contributed by atoms with E-state index in [0.717, 1.165) is 27.6 Å². The third kappa shape index (κ3) is 5.15. The fourth-order valence-electron chi connectivity index (χ4n) is 2.82. The number of carbonyl (C=O) groups excluding carboxylic acids is 1. The van der Waals surface area contributed by atoms with Crippen LogP contribution in [0.4, 0.5) is 5.69 Å². The van der Waals surface area contributed by atoms with E-state index in [9.17, 15) is 10.1 Å². The lowest BCUT2D eigenvalue weighted by Crippen LogP contribution is -2.11. The van der Waals surface area contributed by atoms with Crippen LogP contribution in [0, 0.1) is 25.2 Å². The average molecular weight is 404 g/mol. The minimum absolute atomic E-state index is 0.169. The van der Waals surface area contributed by atoms with E-state index in [2.05, 4.69) is 16.4 Å². The molecule has 2 aromatic carbocycles. The van der Waals surface area contributed by atoms with E-state index in [-0.39, 0.29) is 5.91 Å². The number of benzene rings is 2. The van der Waals surface area contributed by atoms with Crippen LogP contribution in [0.15, 0.2) is 59.6 Å². The minimum atomic E-state index is -0.169. The molecule has 0 aliphatic carbocycles. The summed E-state index contributed by atoms with van der Waals surface area (Å²) in [6.07, 6.45) is 0. The number of pyridine rings is 1. The molecule has 0 bridgehead atoms. The van der Waals surface area contributed by atoms with Crippen molar-refractivity contribution in [3.8, 4) is 11.8 Å². The number of anilines is 1. The summed E-state index contributed by atoms with van der Waals surface area (Å²) >= 11 is 1.53. The summed E-state index contributed by atoms with van der Waals surface area (Å²) in [5.74, 6) is 1.24. The Balaban J connectivity index is 1.64. The van der Waals surface area contributed by atoms with Crippen molar-refractivity contribution < 1.29 is 9.53 Å². The second-order valence-corrected chi connectivity index (χ2v) is 7.50.